The second-order valence-corrected chi connectivity index (χ2v) is 6.06. The van der Waals surface area contributed by atoms with Crippen LogP contribution in [0.5, 0.6) is 0 Å². The van der Waals surface area contributed by atoms with Crippen LogP contribution in [0.2, 0.25) is 0 Å². The van der Waals surface area contributed by atoms with Crippen LogP contribution in [0.1, 0.15) is 36.5 Å². The van der Waals surface area contributed by atoms with Gasteiger partial charge < -0.3 is 4.42 Å². The molecule has 0 aliphatic carbocycles. The molecule has 0 N–H and O–H groups in total. The third-order valence-electron chi connectivity index (χ3n) is 4.04. The van der Waals surface area contributed by atoms with Crippen LogP contribution < -0.4 is 0 Å². The lowest BCUT2D eigenvalue weighted by Crippen LogP contribution is -2.24. The Bertz CT molecular complexity index is 625. The zero-order chi connectivity index (χ0) is 14.8. The molecule has 1 saturated heterocycles. The summed E-state index contributed by atoms with van der Waals surface area (Å²) in [6, 6.07) is 6.58. The quantitative estimate of drug-likeness (QED) is 0.863. The first-order valence-corrected chi connectivity index (χ1v) is 7.57. The summed E-state index contributed by atoms with van der Waals surface area (Å²) in [7, 11) is 0. The number of aromatic nitrogens is 2. The van der Waals surface area contributed by atoms with Crippen molar-refractivity contribution in [3.05, 3.63) is 47.2 Å². The van der Waals surface area contributed by atoms with Gasteiger partial charge in [-0.15, -0.1) is 0 Å². The van der Waals surface area contributed by atoms with Crippen LogP contribution in [-0.2, 0) is 0 Å². The van der Waals surface area contributed by atoms with Crippen molar-refractivity contribution in [1.82, 2.24) is 14.7 Å². The van der Waals surface area contributed by atoms with E-state index in [0.29, 0.717) is 6.04 Å². The first-order valence-electron chi connectivity index (χ1n) is 7.57. The molecular weight excluding hydrogens is 262 g/mol. The van der Waals surface area contributed by atoms with Crippen molar-refractivity contribution in [1.29, 1.82) is 0 Å². The average Bonchev–Trinajstić information content (AvgIpc) is 3.12. The summed E-state index contributed by atoms with van der Waals surface area (Å²) in [6.45, 7) is 9.57. The molecule has 4 nitrogen and oxygen atoms in total. The van der Waals surface area contributed by atoms with Crippen molar-refractivity contribution in [3.8, 4) is 0 Å². The van der Waals surface area contributed by atoms with Gasteiger partial charge in [-0.05, 0) is 51.5 Å². The van der Waals surface area contributed by atoms with E-state index in [0.717, 1.165) is 31.1 Å². The molecule has 1 atom stereocenters. The van der Waals surface area contributed by atoms with Gasteiger partial charge in [-0.3, -0.25) is 9.58 Å². The minimum Gasteiger partial charge on any atom is -0.465 e. The summed E-state index contributed by atoms with van der Waals surface area (Å²) >= 11 is 0. The normalized spacial score (nSPS) is 20.3. The van der Waals surface area contributed by atoms with Gasteiger partial charge in [0.15, 0.2) is 0 Å². The Balaban J connectivity index is 1.61. The highest BCUT2D eigenvalue weighted by atomic mass is 16.3. The van der Waals surface area contributed by atoms with Crippen molar-refractivity contribution >= 4 is 6.08 Å². The molecule has 0 bridgehead atoms. The topological polar surface area (TPSA) is 34.2 Å². The van der Waals surface area contributed by atoms with Gasteiger partial charge in [0.2, 0.25) is 0 Å². The molecule has 0 aromatic carbocycles. The van der Waals surface area contributed by atoms with Crippen molar-refractivity contribution in [2.45, 2.75) is 33.2 Å². The zero-order valence-corrected chi connectivity index (χ0v) is 13.0. The summed E-state index contributed by atoms with van der Waals surface area (Å²) in [5.74, 6) is 0.932. The number of hydrogen-bond acceptors (Lipinski definition) is 3. The lowest BCUT2D eigenvalue weighted by Gasteiger charge is -2.17. The molecule has 112 valence electrons. The monoisotopic (exact) mass is 285 g/mol. The van der Waals surface area contributed by atoms with Gasteiger partial charge >= 0.3 is 0 Å². The molecular formula is C17H23N3O. The minimum absolute atomic E-state index is 0.509. The standard InChI is InChI=1S/C17H23N3O/c1-13(9-17-5-4-8-21-17)11-19-7-6-16(12-19)20-15(3)10-14(2)18-20/h4-5,8-10,16H,6-7,11-12H2,1-3H3/b13-9+/t16-/m0/s1. The summed E-state index contributed by atoms with van der Waals surface area (Å²) in [5.41, 5.74) is 3.71. The fraction of sp³-hybridized carbons (Fsp3) is 0.471. The predicted molar refractivity (Wildman–Crippen MR) is 84.2 cm³/mol. The van der Waals surface area contributed by atoms with E-state index in [2.05, 4.69) is 47.6 Å². The van der Waals surface area contributed by atoms with Crippen LogP contribution in [0, 0.1) is 13.8 Å². The minimum atomic E-state index is 0.509. The Morgan fingerprint density at radius 2 is 2.33 bits per heavy atom. The van der Waals surface area contributed by atoms with Crippen LogP contribution in [0.15, 0.2) is 34.5 Å². The maximum atomic E-state index is 5.37. The molecule has 4 heteroatoms. The van der Waals surface area contributed by atoms with E-state index < -0.39 is 0 Å². The number of furan rings is 1. The third-order valence-corrected chi connectivity index (χ3v) is 4.04. The van der Waals surface area contributed by atoms with E-state index in [1.54, 1.807) is 6.26 Å². The van der Waals surface area contributed by atoms with E-state index in [9.17, 15) is 0 Å². The van der Waals surface area contributed by atoms with Crippen LogP contribution in [-0.4, -0.2) is 34.3 Å². The van der Waals surface area contributed by atoms with Crippen molar-refractivity contribution in [2.75, 3.05) is 19.6 Å². The molecule has 2 aromatic rings. The number of nitrogens with zero attached hydrogens (tertiary/aromatic N) is 3. The molecule has 3 rings (SSSR count). The maximum absolute atomic E-state index is 5.37. The van der Waals surface area contributed by atoms with Crippen LogP contribution in [0.3, 0.4) is 0 Å². The van der Waals surface area contributed by atoms with Crippen LogP contribution >= 0.6 is 0 Å². The van der Waals surface area contributed by atoms with Crippen molar-refractivity contribution in [2.24, 2.45) is 0 Å². The molecule has 0 radical (unpaired) electrons. The molecule has 21 heavy (non-hydrogen) atoms. The Labute approximate surface area is 126 Å². The smallest absolute Gasteiger partial charge is 0.126 e. The highest BCUT2D eigenvalue weighted by molar-refractivity contribution is 5.46. The maximum Gasteiger partial charge on any atom is 0.126 e. The molecule has 0 unspecified atom stereocenters. The molecule has 0 saturated carbocycles. The van der Waals surface area contributed by atoms with E-state index in [4.69, 9.17) is 4.42 Å². The zero-order valence-electron chi connectivity index (χ0n) is 13.0. The van der Waals surface area contributed by atoms with Crippen molar-refractivity contribution < 1.29 is 4.42 Å². The average molecular weight is 285 g/mol. The van der Waals surface area contributed by atoms with E-state index >= 15 is 0 Å². The van der Waals surface area contributed by atoms with Gasteiger partial charge in [-0.25, -0.2) is 0 Å². The molecule has 0 spiro atoms. The Hall–Kier alpha value is -1.81. The second kappa shape index (κ2) is 5.90. The summed E-state index contributed by atoms with van der Waals surface area (Å²) in [4.78, 5) is 2.50. The van der Waals surface area contributed by atoms with Crippen molar-refractivity contribution in [3.63, 3.8) is 0 Å². The van der Waals surface area contributed by atoms with Crippen LogP contribution in [0.25, 0.3) is 6.08 Å². The number of rotatable bonds is 4. The Kier molecular flexibility index (Phi) is 3.97. The molecule has 3 heterocycles. The molecule has 1 fully saturated rings. The first kappa shape index (κ1) is 14.1. The van der Waals surface area contributed by atoms with Gasteiger partial charge in [0, 0.05) is 25.3 Å². The number of hydrogen-bond donors (Lipinski definition) is 0. The van der Waals surface area contributed by atoms with E-state index in [1.807, 2.05) is 12.1 Å². The predicted octanol–water partition coefficient (Wildman–Crippen LogP) is 3.44. The number of aryl methyl sites for hydroxylation is 2. The Morgan fingerprint density at radius 3 is 3.00 bits per heavy atom. The first-order chi connectivity index (χ1) is 10.1. The van der Waals surface area contributed by atoms with E-state index in [1.165, 1.54) is 17.7 Å². The summed E-state index contributed by atoms with van der Waals surface area (Å²) in [5, 5.41) is 4.63. The lowest BCUT2D eigenvalue weighted by atomic mass is 10.2. The summed E-state index contributed by atoms with van der Waals surface area (Å²) < 4.78 is 7.56. The van der Waals surface area contributed by atoms with Gasteiger partial charge in [0.25, 0.3) is 0 Å². The molecule has 0 amide bonds. The summed E-state index contributed by atoms with van der Waals surface area (Å²) in [6.07, 6.45) is 5.01. The van der Waals surface area contributed by atoms with Crippen LogP contribution in [0.4, 0.5) is 0 Å². The van der Waals surface area contributed by atoms with Gasteiger partial charge in [-0.1, -0.05) is 5.57 Å². The van der Waals surface area contributed by atoms with Gasteiger partial charge in [-0.2, -0.15) is 5.10 Å². The van der Waals surface area contributed by atoms with Gasteiger partial charge in [0.1, 0.15) is 5.76 Å². The fourth-order valence-electron chi connectivity index (χ4n) is 3.19. The highest BCUT2D eigenvalue weighted by Crippen LogP contribution is 2.24. The molecule has 1 aliphatic rings. The Morgan fingerprint density at radius 1 is 1.48 bits per heavy atom. The largest absolute Gasteiger partial charge is 0.465 e. The molecule has 2 aromatic heterocycles. The van der Waals surface area contributed by atoms with Gasteiger partial charge in [0.05, 0.1) is 18.0 Å². The molecule has 1 aliphatic heterocycles. The highest BCUT2D eigenvalue weighted by Gasteiger charge is 2.25. The fourth-order valence-corrected chi connectivity index (χ4v) is 3.19. The lowest BCUT2D eigenvalue weighted by molar-refractivity contribution is 0.342. The number of likely N-dealkylation sites (tertiary alicyclic amines) is 1. The second-order valence-electron chi connectivity index (χ2n) is 6.06. The SMILES string of the molecule is C/C(=C\c1ccco1)CN1CC[C@H](n2nc(C)cc2C)C1. The third kappa shape index (κ3) is 3.27. The van der Waals surface area contributed by atoms with E-state index in [-0.39, 0.29) is 0 Å².